The predicted octanol–water partition coefficient (Wildman–Crippen LogP) is 5.95. The molecule has 2 N–H and O–H groups in total. The number of likely N-dealkylation sites (N-methyl/N-ethyl adjacent to an activating group) is 1. The van der Waals surface area contributed by atoms with Crippen LogP contribution in [-0.4, -0.2) is 64.6 Å². The van der Waals surface area contributed by atoms with Crippen molar-refractivity contribution in [3.8, 4) is 0 Å². The third-order valence-electron chi connectivity index (χ3n) is 7.69. The van der Waals surface area contributed by atoms with Crippen LogP contribution in [0.1, 0.15) is 84.3 Å². The molecule has 0 bridgehead atoms. The number of carbonyl (C=O) groups is 4. The van der Waals surface area contributed by atoms with Crippen molar-refractivity contribution < 1.29 is 28.7 Å². The molecule has 47 heavy (non-hydrogen) atoms. The maximum atomic E-state index is 13.7. The van der Waals surface area contributed by atoms with Crippen LogP contribution in [0.15, 0.2) is 60.8 Å². The van der Waals surface area contributed by atoms with Gasteiger partial charge in [0.15, 0.2) is 0 Å². The number of thiophene rings is 1. The number of hydrogen-bond donors (Lipinski definition) is 2. The summed E-state index contributed by atoms with van der Waals surface area (Å²) in [4.78, 5) is 55.6. The normalized spacial score (nSPS) is 15.2. The molecule has 1 unspecified atom stereocenters. The average molecular weight is 659 g/mol. The number of ether oxygens (including phenoxy) is 2. The highest BCUT2D eigenvalue weighted by atomic mass is 32.1. The first-order valence-corrected chi connectivity index (χ1v) is 16.5. The minimum Gasteiger partial charge on any atom is -0.456 e. The predicted molar refractivity (Wildman–Crippen MR) is 183 cm³/mol. The minimum absolute atomic E-state index is 0.212. The first-order chi connectivity index (χ1) is 22.1. The van der Waals surface area contributed by atoms with Crippen LogP contribution < -0.4 is 10.6 Å². The van der Waals surface area contributed by atoms with Gasteiger partial charge >= 0.3 is 17.8 Å². The third kappa shape index (κ3) is 7.91. The van der Waals surface area contributed by atoms with Gasteiger partial charge in [0.1, 0.15) is 16.2 Å². The average Bonchev–Trinajstić information content (AvgIpc) is 3.53. The molecular weight excluding hydrogens is 616 g/mol. The Bertz CT molecular complexity index is 1810. The maximum absolute atomic E-state index is 13.7. The molecule has 5 rings (SSSR count). The molecule has 0 saturated carbocycles. The summed E-state index contributed by atoms with van der Waals surface area (Å²) in [6.07, 6.45) is 2.41. The number of aromatic nitrogens is 1. The molecule has 10 nitrogen and oxygen atoms in total. The standard InChI is InChI=1S/C36H42N4O6S/c1-35(2,3)45-33(43)28-24-17-18-39(7)27(29(24)47-32(28)38-31(42)34(44)46-36(4,5)6)19-37-30(41)25-21-40(20-22-13-9-8-10-14-22)26-16-12-11-15-23(25)26/h8-16,21,27H,17-20H2,1-7H3,(H,37,41)(H,38,42). The fourth-order valence-electron chi connectivity index (χ4n) is 5.63. The van der Waals surface area contributed by atoms with Gasteiger partial charge < -0.3 is 24.7 Å². The van der Waals surface area contributed by atoms with E-state index in [1.54, 1.807) is 41.5 Å². The van der Waals surface area contributed by atoms with Gasteiger partial charge in [-0.3, -0.25) is 14.5 Å². The van der Waals surface area contributed by atoms with Crippen LogP contribution in [-0.2, 0) is 32.0 Å². The topological polar surface area (TPSA) is 119 Å². The second-order valence-electron chi connectivity index (χ2n) is 13.7. The Morgan fingerprint density at radius 3 is 2.26 bits per heavy atom. The molecule has 11 heteroatoms. The monoisotopic (exact) mass is 658 g/mol. The molecule has 2 aromatic heterocycles. The summed E-state index contributed by atoms with van der Waals surface area (Å²) in [7, 11) is 1.96. The number of nitrogens with one attached hydrogen (secondary N) is 2. The second kappa shape index (κ2) is 13.3. The van der Waals surface area contributed by atoms with E-state index in [4.69, 9.17) is 9.47 Å². The first kappa shape index (κ1) is 33.9. The van der Waals surface area contributed by atoms with Crippen molar-refractivity contribution in [3.63, 3.8) is 0 Å². The number of benzene rings is 2. The van der Waals surface area contributed by atoms with E-state index in [1.807, 2.05) is 55.7 Å². The molecule has 1 aliphatic heterocycles. The molecule has 248 valence electrons. The molecule has 0 aliphatic carbocycles. The summed E-state index contributed by atoms with van der Waals surface area (Å²) in [6, 6.07) is 17.6. The zero-order valence-corrected chi connectivity index (χ0v) is 28.7. The molecule has 0 radical (unpaired) electrons. The van der Waals surface area contributed by atoms with Crippen LogP contribution >= 0.6 is 11.3 Å². The van der Waals surface area contributed by atoms with E-state index in [9.17, 15) is 19.2 Å². The van der Waals surface area contributed by atoms with Crippen molar-refractivity contribution in [3.05, 3.63) is 87.9 Å². The smallest absolute Gasteiger partial charge is 0.397 e. The molecule has 0 saturated heterocycles. The summed E-state index contributed by atoms with van der Waals surface area (Å²) in [5.74, 6) is -2.83. The van der Waals surface area contributed by atoms with Crippen molar-refractivity contribution in [2.75, 3.05) is 25.5 Å². The SMILES string of the molecule is CN1CCc2c(sc(NC(=O)C(=O)OC(C)(C)C)c2C(=O)OC(C)(C)C)C1CNC(=O)c1cn(Cc2ccccc2)c2ccccc12. The fraction of sp³-hybridized carbons (Fsp3) is 0.389. The Morgan fingerprint density at radius 2 is 1.57 bits per heavy atom. The number of rotatable bonds is 7. The Labute approximate surface area is 279 Å². The quantitative estimate of drug-likeness (QED) is 0.186. The van der Waals surface area contributed by atoms with Crippen LogP contribution in [0.3, 0.4) is 0 Å². The van der Waals surface area contributed by atoms with Gasteiger partial charge in [0.25, 0.3) is 5.91 Å². The Morgan fingerprint density at radius 1 is 0.915 bits per heavy atom. The van der Waals surface area contributed by atoms with Gasteiger partial charge in [0.05, 0.1) is 17.2 Å². The van der Waals surface area contributed by atoms with Crippen LogP contribution in [0.5, 0.6) is 0 Å². The number of esters is 2. The second-order valence-corrected chi connectivity index (χ2v) is 14.8. The largest absolute Gasteiger partial charge is 0.456 e. The van der Waals surface area contributed by atoms with Gasteiger partial charge in [-0.05, 0) is 72.2 Å². The number of amides is 2. The van der Waals surface area contributed by atoms with Crippen LogP contribution in [0.4, 0.5) is 5.00 Å². The van der Waals surface area contributed by atoms with Crippen molar-refractivity contribution in [1.29, 1.82) is 0 Å². The minimum atomic E-state index is -1.05. The number of nitrogens with zero attached hydrogens (tertiary/aromatic N) is 2. The van der Waals surface area contributed by atoms with Gasteiger partial charge in [0, 0.05) is 41.6 Å². The molecule has 1 aliphatic rings. The van der Waals surface area contributed by atoms with Crippen LogP contribution in [0, 0.1) is 0 Å². The van der Waals surface area contributed by atoms with E-state index in [0.29, 0.717) is 25.1 Å². The first-order valence-electron chi connectivity index (χ1n) is 15.6. The van der Waals surface area contributed by atoms with Crippen molar-refractivity contribution in [2.45, 2.75) is 71.8 Å². The Hall–Kier alpha value is -4.48. The van der Waals surface area contributed by atoms with Crippen LogP contribution in [0.25, 0.3) is 10.9 Å². The van der Waals surface area contributed by atoms with Crippen molar-refractivity contribution >= 4 is 51.0 Å². The molecule has 3 heterocycles. The number of para-hydroxylation sites is 1. The highest BCUT2D eigenvalue weighted by Gasteiger charge is 2.36. The summed E-state index contributed by atoms with van der Waals surface area (Å²) < 4.78 is 13.1. The lowest BCUT2D eigenvalue weighted by Crippen LogP contribution is -2.39. The molecule has 0 spiro atoms. The number of fused-ring (bicyclic) bond motifs is 2. The van der Waals surface area contributed by atoms with Gasteiger partial charge in [-0.25, -0.2) is 9.59 Å². The van der Waals surface area contributed by atoms with Gasteiger partial charge in [-0.2, -0.15) is 0 Å². The van der Waals surface area contributed by atoms with Gasteiger partial charge in [-0.1, -0.05) is 48.5 Å². The zero-order valence-electron chi connectivity index (χ0n) is 27.9. The number of carbonyl (C=O) groups excluding carboxylic acids is 4. The van der Waals surface area contributed by atoms with Crippen LogP contribution in [0.2, 0.25) is 0 Å². The van der Waals surface area contributed by atoms with E-state index in [0.717, 1.165) is 26.9 Å². The highest BCUT2D eigenvalue weighted by Crippen LogP contribution is 2.43. The van der Waals surface area contributed by atoms with E-state index in [2.05, 4.69) is 32.2 Å². The molecular formula is C36H42N4O6S. The van der Waals surface area contributed by atoms with E-state index in [1.165, 1.54) is 11.3 Å². The lowest BCUT2D eigenvalue weighted by molar-refractivity contribution is -0.161. The lowest BCUT2D eigenvalue weighted by atomic mass is 9.97. The third-order valence-corrected chi connectivity index (χ3v) is 8.94. The molecule has 0 fully saturated rings. The Balaban J connectivity index is 1.43. The zero-order chi connectivity index (χ0) is 34.1. The summed E-state index contributed by atoms with van der Waals surface area (Å²) in [5, 5.41) is 6.82. The van der Waals surface area contributed by atoms with Gasteiger partial charge in [0.2, 0.25) is 0 Å². The van der Waals surface area contributed by atoms with Gasteiger partial charge in [-0.15, -0.1) is 11.3 Å². The Kier molecular flexibility index (Phi) is 9.60. The van der Waals surface area contributed by atoms with E-state index < -0.39 is 29.0 Å². The molecule has 4 aromatic rings. The summed E-state index contributed by atoms with van der Waals surface area (Å²) >= 11 is 1.21. The molecule has 2 amide bonds. The molecule has 1 atom stereocenters. The molecule has 2 aromatic carbocycles. The number of anilines is 1. The maximum Gasteiger partial charge on any atom is 0.397 e. The fourth-order valence-corrected chi connectivity index (χ4v) is 7.03. The van der Waals surface area contributed by atoms with E-state index >= 15 is 0 Å². The van der Waals surface area contributed by atoms with Crippen molar-refractivity contribution in [1.82, 2.24) is 14.8 Å². The lowest BCUT2D eigenvalue weighted by Gasteiger charge is -2.33. The highest BCUT2D eigenvalue weighted by molar-refractivity contribution is 7.17. The summed E-state index contributed by atoms with van der Waals surface area (Å²) in [5.41, 5.74) is 1.98. The number of hydrogen-bond acceptors (Lipinski definition) is 8. The van der Waals surface area contributed by atoms with Crippen molar-refractivity contribution in [2.24, 2.45) is 0 Å². The van der Waals surface area contributed by atoms with E-state index in [-0.39, 0.29) is 29.1 Å². The summed E-state index contributed by atoms with van der Waals surface area (Å²) in [6.45, 7) is 11.8.